The van der Waals surface area contributed by atoms with Crippen LogP contribution in [0.5, 0.6) is 0 Å². The number of ketones is 1. The van der Waals surface area contributed by atoms with Crippen molar-refractivity contribution in [1.29, 1.82) is 0 Å². The second-order valence-electron chi connectivity index (χ2n) is 9.12. The molecule has 0 spiro atoms. The van der Waals surface area contributed by atoms with E-state index in [0.29, 0.717) is 17.7 Å². The van der Waals surface area contributed by atoms with E-state index >= 15 is 0 Å². The molecule has 0 heterocycles. The molecule has 3 N–H and O–H groups in total. The van der Waals surface area contributed by atoms with Gasteiger partial charge in [-0.3, -0.25) is 9.59 Å². The minimum Gasteiger partial charge on any atom is -0.381 e. The van der Waals surface area contributed by atoms with Crippen LogP contribution in [0, 0.1) is 6.92 Å². The number of benzene rings is 4. The smallest absolute Gasteiger partial charge is 0.251 e. The van der Waals surface area contributed by atoms with Crippen LogP contribution >= 0.6 is 0 Å². The predicted octanol–water partition coefficient (Wildman–Crippen LogP) is 6.41. The average molecular weight is 508 g/mol. The molecule has 196 valence electrons. The first-order chi connectivity index (χ1) is 18.5. The van der Waals surface area contributed by atoms with E-state index in [1.165, 1.54) is 23.6 Å². The molecule has 5 heteroatoms. The van der Waals surface area contributed by atoms with Crippen molar-refractivity contribution in [3.05, 3.63) is 137 Å². The number of aryl methyl sites for hydroxylation is 1. The van der Waals surface area contributed by atoms with E-state index in [4.69, 9.17) is 0 Å². The molecule has 4 rings (SSSR count). The quantitative estimate of drug-likeness (QED) is 0.162. The van der Waals surface area contributed by atoms with Crippen LogP contribution in [0.3, 0.4) is 0 Å². The molecule has 0 bridgehead atoms. The molecule has 0 aliphatic heterocycles. The van der Waals surface area contributed by atoms with Crippen molar-refractivity contribution in [2.24, 2.45) is 0 Å². The van der Waals surface area contributed by atoms with Gasteiger partial charge in [0, 0.05) is 36.4 Å². The van der Waals surface area contributed by atoms with Gasteiger partial charge in [0.15, 0.2) is 5.78 Å². The Bertz CT molecular complexity index is 1270. The van der Waals surface area contributed by atoms with E-state index < -0.39 is 0 Å². The van der Waals surface area contributed by atoms with Crippen LogP contribution in [0.2, 0.25) is 0 Å². The minimum absolute atomic E-state index is 0.0433. The topological polar surface area (TPSA) is 70.2 Å². The van der Waals surface area contributed by atoms with Gasteiger partial charge in [0.05, 0.1) is 0 Å². The predicted molar refractivity (Wildman–Crippen MR) is 156 cm³/mol. The summed E-state index contributed by atoms with van der Waals surface area (Å²) in [6, 6.07) is 35.8. The van der Waals surface area contributed by atoms with E-state index in [1.54, 1.807) is 24.3 Å². The van der Waals surface area contributed by atoms with Gasteiger partial charge in [-0.05, 0) is 62.2 Å². The number of anilines is 1. The molecule has 0 aliphatic rings. The normalized spacial score (nSPS) is 10.2. The zero-order valence-electron chi connectivity index (χ0n) is 22.2. The summed E-state index contributed by atoms with van der Waals surface area (Å²) < 4.78 is 0. The molecule has 0 aliphatic carbocycles. The zero-order chi connectivity index (χ0) is 27.0. The molecule has 0 atom stereocenters. The highest BCUT2D eigenvalue weighted by atomic mass is 16.1. The van der Waals surface area contributed by atoms with E-state index in [0.717, 1.165) is 31.7 Å². The van der Waals surface area contributed by atoms with Gasteiger partial charge in [-0.2, -0.15) is 0 Å². The first-order valence-corrected chi connectivity index (χ1v) is 13.0. The Kier molecular flexibility index (Phi) is 11.8. The number of hydrogen-bond donors (Lipinski definition) is 3. The van der Waals surface area contributed by atoms with E-state index in [1.807, 2.05) is 36.4 Å². The Morgan fingerprint density at radius 1 is 0.658 bits per heavy atom. The summed E-state index contributed by atoms with van der Waals surface area (Å²) in [4.78, 5) is 23.7. The van der Waals surface area contributed by atoms with Gasteiger partial charge >= 0.3 is 0 Å². The summed E-state index contributed by atoms with van der Waals surface area (Å²) in [5.74, 6) is -0.196. The average Bonchev–Trinajstić information content (AvgIpc) is 2.95. The highest BCUT2D eigenvalue weighted by Gasteiger charge is 2.07. The van der Waals surface area contributed by atoms with Gasteiger partial charge in [-0.1, -0.05) is 90.5 Å². The molecule has 0 radical (unpaired) electrons. The van der Waals surface area contributed by atoms with E-state index in [-0.39, 0.29) is 11.7 Å². The largest absolute Gasteiger partial charge is 0.381 e. The summed E-state index contributed by atoms with van der Waals surface area (Å²) in [5.41, 5.74) is 5.95. The van der Waals surface area contributed by atoms with Crippen molar-refractivity contribution in [2.75, 3.05) is 18.4 Å². The summed E-state index contributed by atoms with van der Waals surface area (Å²) >= 11 is 0. The van der Waals surface area contributed by atoms with Gasteiger partial charge in [0.1, 0.15) is 0 Å². The molecule has 0 unspecified atom stereocenters. The van der Waals surface area contributed by atoms with Gasteiger partial charge in [-0.25, -0.2) is 0 Å². The second kappa shape index (κ2) is 15.8. The molecule has 1 amide bonds. The Labute approximate surface area is 226 Å². The SMILES string of the molecule is CC(=O)c1cccc(C(=O)NCCCNCc2cccc(NCc3ccccc3)c2)c1.Cc1ccccc1. The van der Waals surface area contributed by atoms with Crippen molar-refractivity contribution in [3.63, 3.8) is 0 Å². The molecule has 5 nitrogen and oxygen atoms in total. The second-order valence-corrected chi connectivity index (χ2v) is 9.12. The highest BCUT2D eigenvalue weighted by molar-refractivity contribution is 5.99. The maximum absolute atomic E-state index is 12.2. The highest BCUT2D eigenvalue weighted by Crippen LogP contribution is 2.12. The first kappa shape index (κ1) is 28.4. The van der Waals surface area contributed by atoms with Crippen LogP contribution in [0.4, 0.5) is 5.69 Å². The van der Waals surface area contributed by atoms with Crippen LogP contribution in [0.15, 0.2) is 109 Å². The number of nitrogens with one attached hydrogen (secondary N) is 3. The number of rotatable bonds is 11. The molecule has 0 fully saturated rings. The lowest BCUT2D eigenvalue weighted by atomic mass is 10.1. The van der Waals surface area contributed by atoms with Gasteiger partial charge < -0.3 is 16.0 Å². The van der Waals surface area contributed by atoms with Crippen molar-refractivity contribution in [2.45, 2.75) is 33.4 Å². The lowest BCUT2D eigenvalue weighted by molar-refractivity contribution is 0.0953. The van der Waals surface area contributed by atoms with Gasteiger partial charge in [0.2, 0.25) is 0 Å². The molecule has 4 aromatic carbocycles. The van der Waals surface area contributed by atoms with Crippen molar-refractivity contribution < 1.29 is 9.59 Å². The van der Waals surface area contributed by atoms with Crippen LogP contribution in [-0.4, -0.2) is 24.8 Å². The van der Waals surface area contributed by atoms with Gasteiger partial charge in [-0.15, -0.1) is 0 Å². The molecule has 0 aromatic heterocycles. The fourth-order valence-corrected chi connectivity index (χ4v) is 3.76. The maximum atomic E-state index is 12.2. The van der Waals surface area contributed by atoms with Crippen molar-refractivity contribution in [3.8, 4) is 0 Å². The molecule has 0 saturated heterocycles. The lowest BCUT2D eigenvalue weighted by Gasteiger charge is -2.10. The Balaban J connectivity index is 0.000000494. The number of hydrogen-bond acceptors (Lipinski definition) is 4. The first-order valence-electron chi connectivity index (χ1n) is 13.0. The van der Waals surface area contributed by atoms with Crippen LogP contribution in [0.1, 0.15) is 50.8 Å². The van der Waals surface area contributed by atoms with E-state index in [2.05, 4.69) is 71.4 Å². The van der Waals surface area contributed by atoms with Crippen molar-refractivity contribution >= 4 is 17.4 Å². The molecule has 4 aromatic rings. The number of carbonyl (C=O) groups excluding carboxylic acids is 2. The Hall–Kier alpha value is -4.22. The Morgan fingerprint density at radius 2 is 1.32 bits per heavy atom. The summed E-state index contributed by atoms with van der Waals surface area (Å²) in [7, 11) is 0. The van der Waals surface area contributed by atoms with E-state index in [9.17, 15) is 9.59 Å². The molecule has 0 saturated carbocycles. The lowest BCUT2D eigenvalue weighted by Crippen LogP contribution is -2.27. The number of amides is 1. The summed E-state index contributed by atoms with van der Waals surface area (Å²) in [5, 5.41) is 9.78. The minimum atomic E-state index is -0.153. The number of carbonyl (C=O) groups is 2. The Morgan fingerprint density at radius 3 is 2.00 bits per heavy atom. The van der Waals surface area contributed by atoms with Crippen LogP contribution < -0.4 is 16.0 Å². The molecular weight excluding hydrogens is 470 g/mol. The summed E-state index contributed by atoms with van der Waals surface area (Å²) in [6.45, 7) is 6.53. The molecule has 38 heavy (non-hydrogen) atoms. The fourth-order valence-electron chi connectivity index (χ4n) is 3.76. The zero-order valence-corrected chi connectivity index (χ0v) is 22.2. The molecular formula is C33H37N3O2. The third-order valence-electron chi connectivity index (χ3n) is 5.88. The fraction of sp³-hybridized carbons (Fsp3) is 0.212. The van der Waals surface area contributed by atoms with Crippen LogP contribution in [-0.2, 0) is 13.1 Å². The van der Waals surface area contributed by atoms with Crippen LogP contribution in [0.25, 0.3) is 0 Å². The standard InChI is InChI=1S/C26H29N3O2.C7H8/c1-20(30)23-11-6-12-24(17-23)26(31)28-15-7-14-27-18-22-10-5-13-25(16-22)29-19-21-8-3-2-4-9-21;1-7-5-3-2-4-6-7/h2-6,8-13,16-17,27,29H,7,14-15,18-19H2,1H3,(H,28,31);2-6H,1H3. The number of Topliss-reactive ketones (excluding diaryl/α,β-unsaturated/α-hetero) is 1. The van der Waals surface area contributed by atoms with Crippen molar-refractivity contribution in [1.82, 2.24) is 10.6 Å². The third kappa shape index (κ3) is 10.4. The summed E-state index contributed by atoms with van der Waals surface area (Å²) in [6.07, 6.45) is 0.823. The third-order valence-corrected chi connectivity index (χ3v) is 5.88. The van der Waals surface area contributed by atoms with Gasteiger partial charge in [0.25, 0.3) is 5.91 Å². The monoisotopic (exact) mass is 507 g/mol. The maximum Gasteiger partial charge on any atom is 0.251 e.